The topological polar surface area (TPSA) is 73.2 Å². The van der Waals surface area contributed by atoms with E-state index >= 15 is 0 Å². The Morgan fingerprint density at radius 2 is 2.11 bits per heavy atom. The number of carbonyl (C=O) groups is 2. The first-order valence-electron chi connectivity index (χ1n) is 5.53. The summed E-state index contributed by atoms with van der Waals surface area (Å²) >= 11 is 0. The lowest BCUT2D eigenvalue weighted by Crippen LogP contribution is -2.18. The van der Waals surface area contributed by atoms with Gasteiger partial charge in [0.25, 0.3) is 0 Å². The van der Waals surface area contributed by atoms with Crippen LogP contribution in [0.3, 0.4) is 0 Å². The molecule has 0 saturated heterocycles. The zero-order valence-corrected chi connectivity index (χ0v) is 10.1. The van der Waals surface area contributed by atoms with Crippen LogP contribution < -0.4 is 5.32 Å². The van der Waals surface area contributed by atoms with Gasteiger partial charge in [-0.3, -0.25) is 10.1 Å². The van der Waals surface area contributed by atoms with E-state index in [0.29, 0.717) is 17.5 Å². The molecule has 0 aliphatic rings. The summed E-state index contributed by atoms with van der Waals surface area (Å²) in [5.74, 6) is 0.0324. The van der Waals surface area contributed by atoms with Gasteiger partial charge in [-0.05, 0) is 12.1 Å². The van der Waals surface area contributed by atoms with E-state index in [1.807, 2.05) is 12.1 Å². The lowest BCUT2D eigenvalue weighted by atomic mass is 10.3. The molecule has 2 aromatic rings. The SMILES string of the molecule is CCC(=O)n1c(NC(=O)OC)nc2ccccc21. The average Bonchev–Trinajstić information content (AvgIpc) is 2.75. The van der Waals surface area contributed by atoms with Gasteiger partial charge in [-0.1, -0.05) is 19.1 Å². The highest BCUT2D eigenvalue weighted by molar-refractivity contribution is 5.96. The molecule has 0 saturated carbocycles. The van der Waals surface area contributed by atoms with Gasteiger partial charge in [-0.15, -0.1) is 0 Å². The van der Waals surface area contributed by atoms with E-state index in [4.69, 9.17) is 0 Å². The summed E-state index contributed by atoms with van der Waals surface area (Å²) in [5.41, 5.74) is 1.31. The molecule has 0 unspecified atom stereocenters. The van der Waals surface area contributed by atoms with Crippen LogP contribution >= 0.6 is 0 Å². The van der Waals surface area contributed by atoms with E-state index in [-0.39, 0.29) is 11.9 Å². The maximum atomic E-state index is 11.9. The third kappa shape index (κ3) is 2.04. The monoisotopic (exact) mass is 247 g/mol. The Hall–Kier alpha value is -2.37. The van der Waals surface area contributed by atoms with Crippen LogP contribution in [0.15, 0.2) is 24.3 Å². The Morgan fingerprint density at radius 1 is 1.39 bits per heavy atom. The number of imidazole rings is 1. The highest BCUT2D eigenvalue weighted by Crippen LogP contribution is 2.20. The molecule has 0 aliphatic heterocycles. The van der Waals surface area contributed by atoms with Gasteiger partial charge in [-0.25, -0.2) is 14.3 Å². The van der Waals surface area contributed by atoms with Crippen molar-refractivity contribution >= 4 is 29.0 Å². The number of aromatic nitrogens is 2. The summed E-state index contributed by atoms with van der Waals surface area (Å²) < 4.78 is 5.89. The minimum atomic E-state index is -0.657. The summed E-state index contributed by atoms with van der Waals surface area (Å²) in [6, 6.07) is 7.18. The number of rotatable bonds is 2. The van der Waals surface area contributed by atoms with Crippen LogP contribution in [0.1, 0.15) is 18.1 Å². The fourth-order valence-corrected chi connectivity index (χ4v) is 1.66. The van der Waals surface area contributed by atoms with Crippen LogP contribution in [0, 0.1) is 0 Å². The van der Waals surface area contributed by atoms with Crippen molar-refractivity contribution in [1.29, 1.82) is 0 Å². The third-order valence-electron chi connectivity index (χ3n) is 2.51. The summed E-state index contributed by atoms with van der Waals surface area (Å²) in [6.45, 7) is 1.75. The zero-order valence-electron chi connectivity index (χ0n) is 10.1. The van der Waals surface area contributed by atoms with Crippen molar-refractivity contribution in [3.05, 3.63) is 24.3 Å². The highest BCUT2D eigenvalue weighted by atomic mass is 16.5. The number of nitrogens with one attached hydrogen (secondary N) is 1. The number of ether oxygens (including phenoxy) is 1. The number of anilines is 1. The Labute approximate surface area is 104 Å². The minimum absolute atomic E-state index is 0.143. The molecule has 0 fully saturated rings. The second-order valence-corrected chi connectivity index (χ2v) is 3.62. The number of hydrogen-bond donors (Lipinski definition) is 1. The van der Waals surface area contributed by atoms with E-state index in [1.54, 1.807) is 19.1 Å². The van der Waals surface area contributed by atoms with E-state index in [2.05, 4.69) is 15.0 Å². The zero-order chi connectivity index (χ0) is 13.1. The maximum Gasteiger partial charge on any atom is 0.413 e. The molecule has 0 radical (unpaired) electrons. The summed E-state index contributed by atoms with van der Waals surface area (Å²) in [7, 11) is 1.25. The molecule has 1 N–H and O–H groups in total. The predicted molar refractivity (Wildman–Crippen MR) is 66.7 cm³/mol. The molecule has 6 nitrogen and oxygen atoms in total. The number of para-hydroxylation sites is 2. The lowest BCUT2D eigenvalue weighted by molar-refractivity contribution is 0.0916. The number of nitrogens with zero attached hydrogens (tertiary/aromatic N) is 2. The fourth-order valence-electron chi connectivity index (χ4n) is 1.66. The molecular weight excluding hydrogens is 234 g/mol. The number of amides is 1. The van der Waals surface area contributed by atoms with Crippen LogP contribution in [0.25, 0.3) is 11.0 Å². The van der Waals surface area contributed by atoms with Gasteiger partial charge >= 0.3 is 6.09 Å². The molecular formula is C12H13N3O3. The summed E-state index contributed by atoms with van der Waals surface area (Å²) in [6.07, 6.45) is -0.341. The number of carbonyl (C=O) groups excluding carboxylic acids is 2. The highest BCUT2D eigenvalue weighted by Gasteiger charge is 2.17. The van der Waals surface area contributed by atoms with Gasteiger partial charge in [0.1, 0.15) is 0 Å². The van der Waals surface area contributed by atoms with Crippen molar-refractivity contribution in [3.8, 4) is 0 Å². The van der Waals surface area contributed by atoms with Crippen molar-refractivity contribution in [1.82, 2.24) is 9.55 Å². The molecule has 1 aromatic heterocycles. The largest absolute Gasteiger partial charge is 0.453 e. The van der Waals surface area contributed by atoms with Gasteiger partial charge < -0.3 is 4.74 Å². The average molecular weight is 247 g/mol. The van der Waals surface area contributed by atoms with Crippen LogP contribution in [-0.2, 0) is 4.74 Å². The second kappa shape index (κ2) is 4.87. The minimum Gasteiger partial charge on any atom is -0.453 e. The van der Waals surface area contributed by atoms with E-state index in [1.165, 1.54) is 11.7 Å². The van der Waals surface area contributed by atoms with Gasteiger partial charge in [-0.2, -0.15) is 0 Å². The first-order valence-corrected chi connectivity index (χ1v) is 5.53. The van der Waals surface area contributed by atoms with E-state index < -0.39 is 6.09 Å². The van der Waals surface area contributed by atoms with Crippen molar-refractivity contribution in [3.63, 3.8) is 0 Å². The van der Waals surface area contributed by atoms with Gasteiger partial charge in [0.05, 0.1) is 18.1 Å². The molecule has 0 bridgehead atoms. The molecule has 1 heterocycles. The number of benzene rings is 1. The molecule has 0 spiro atoms. The van der Waals surface area contributed by atoms with Crippen molar-refractivity contribution in [2.45, 2.75) is 13.3 Å². The number of hydrogen-bond acceptors (Lipinski definition) is 4. The Balaban J connectivity index is 2.57. The second-order valence-electron chi connectivity index (χ2n) is 3.62. The Morgan fingerprint density at radius 3 is 2.78 bits per heavy atom. The molecule has 0 atom stereocenters. The molecule has 2 rings (SSSR count). The molecule has 94 valence electrons. The number of methoxy groups -OCH3 is 1. The Kier molecular flexibility index (Phi) is 3.27. The lowest BCUT2D eigenvalue weighted by Gasteiger charge is -2.06. The van der Waals surface area contributed by atoms with E-state index in [9.17, 15) is 9.59 Å². The molecule has 1 amide bonds. The first kappa shape index (κ1) is 12.1. The van der Waals surface area contributed by atoms with Crippen molar-refractivity contribution in [2.24, 2.45) is 0 Å². The smallest absolute Gasteiger partial charge is 0.413 e. The Bertz CT molecular complexity index is 604. The molecule has 1 aromatic carbocycles. The molecule has 0 aliphatic carbocycles. The van der Waals surface area contributed by atoms with Gasteiger partial charge in [0.15, 0.2) is 0 Å². The van der Waals surface area contributed by atoms with Gasteiger partial charge in [0.2, 0.25) is 11.9 Å². The van der Waals surface area contributed by atoms with Crippen LogP contribution in [-0.4, -0.2) is 28.7 Å². The third-order valence-corrected chi connectivity index (χ3v) is 2.51. The summed E-state index contributed by atoms with van der Waals surface area (Å²) in [5, 5.41) is 2.43. The van der Waals surface area contributed by atoms with Crippen molar-refractivity contribution in [2.75, 3.05) is 12.4 Å². The van der Waals surface area contributed by atoms with Crippen LogP contribution in [0.5, 0.6) is 0 Å². The molecule has 6 heteroatoms. The first-order chi connectivity index (χ1) is 8.67. The summed E-state index contributed by atoms with van der Waals surface area (Å²) in [4.78, 5) is 27.3. The normalized spacial score (nSPS) is 10.3. The standard InChI is InChI=1S/C12H13N3O3/c1-3-10(16)15-9-7-5-4-6-8(9)13-11(15)14-12(17)18-2/h4-7H,3H2,1-2H3,(H,13,14,17). The predicted octanol–water partition coefficient (Wildman–Crippen LogP) is 2.26. The van der Waals surface area contributed by atoms with E-state index in [0.717, 1.165) is 0 Å². The van der Waals surface area contributed by atoms with Crippen molar-refractivity contribution < 1.29 is 14.3 Å². The fraction of sp³-hybridized carbons (Fsp3) is 0.250. The van der Waals surface area contributed by atoms with Crippen LogP contribution in [0.2, 0.25) is 0 Å². The van der Waals surface area contributed by atoms with Crippen LogP contribution in [0.4, 0.5) is 10.7 Å². The maximum absolute atomic E-state index is 11.9. The molecule has 18 heavy (non-hydrogen) atoms. The number of fused-ring (bicyclic) bond motifs is 1. The van der Waals surface area contributed by atoms with Gasteiger partial charge in [0, 0.05) is 6.42 Å². The quantitative estimate of drug-likeness (QED) is 0.883.